The SMILES string of the molecule is O=C1CCC(c2ccc(N3CCC(C(=O)N4CCC(C(=O)O)CC4)CC3)nn2)C(=O)N1. The van der Waals surface area contributed by atoms with E-state index in [4.69, 9.17) is 5.11 Å². The molecule has 0 aromatic carbocycles. The second kappa shape index (κ2) is 8.99. The van der Waals surface area contributed by atoms with Crippen molar-refractivity contribution in [1.29, 1.82) is 0 Å². The lowest BCUT2D eigenvalue weighted by molar-refractivity contribution is -0.147. The number of carbonyl (C=O) groups excluding carboxylic acids is 3. The molecule has 0 spiro atoms. The van der Waals surface area contributed by atoms with E-state index in [1.54, 1.807) is 6.07 Å². The molecule has 166 valence electrons. The first-order valence-electron chi connectivity index (χ1n) is 10.9. The summed E-state index contributed by atoms with van der Waals surface area (Å²) in [4.78, 5) is 51.1. The lowest BCUT2D eigenvalue weighted by atomic mass is 9.92. The fourth-order valence-electron chi connectivity index (χ4n) is 4.63. The predicted molar refractivity (Wildman–Crippen MR) is 109 cm³/mol. The Balaban J connectivity index is 1.29. The molecule has 3 fully saturated rings. The molecule has 10 nitrogen and oxygen atoms in total. The van der Waals surface area contributed by atoms with Crippen LogP contribution in [0.2, 0.25) is 0 Å². The summed E-state index contributed by atoms with van der Waals surface area (Å²) in [5.41, 5.74) is 0.559. The van der Waals surface area contributed by atoms with Gasteiger partial charge in [0.1, 0.15) is 0 Å². The lowest BCUT2D eigenvalue weighted by Gasteiger charge is -2.36. The van der Waals surface area contributed by atoms with E-state index >= 15 is 0 Å². The molecule has 1 aromatic heterocycles. The molecule has 4 rings (SSSR count). The van der Waals surface area contributed by atoms with Gasteiger partial charge in [0, 0.05) is 38.5 Å². The molecule has 3 saturated heterocycles. The second-order valence-electron chi connectivity index (χ2n) is 8.52. The average Bonchev–Trinajstić information content (AvgIpc) is 2.79. The molecule has 3 aliphatic rings. The van der Waals surface area contributed by atoms with Crippen LogP contribution in [0.3, 0.4) is 0 Å². The molecule has 0 radical (unpaired) electrons. The molecule has 0 bridgehead atoms. The number of piperidine rings is 3. The number of carboxylic acids is 1. The van der Waals surface area contributed by atoms with Crippen LogP contribution in [0.5, 0.6) is 0 Å². The summed E-state index contributed by atoms with van der Waals surface area (Å²) >= 11 is 0. The third kappa shape index (κ3) is 4.67. The van der Waals surface area contributed by atoms with Crippen LogP contribution in [0.25, 0.3) is 0 Å². The zero-order chi connectivity index (χ0) is 22.0. The minimum Gasteiger partial charge on any atom is -0.481 e. The van der Waals surface area contributed by atoms with E-state index in [2.05, 4.69) is 20.4 Å². The minimum absolute atomic E-state index is 0.0478. The second-order valence-corrected chi connectivity index (χ2v) is 8.52. The van der Waals surface area contributed by atoms with Crippen molar-refractivity contribution in [3.63, 3.8) is 0 Å². The molecule has 2 N–H and O–H groups in total. The van der Waals surface area contributed by atoms with Crippen molar-refractivity contribution < 1.29 is 24.3 Å². The number of nitrogens with one attached hydrogen (secondary N) is 1. The third-order valence-corrected chi connectivity index (χ3v) is 6.59. The van der Waals surface area contributed by atoms with Crippen molar-refractivity contribution in [2.24, 2.45) is 11.8 Å². The highest BCUT2D eigenvalue weighted by Gasteiger charge is 2.33. The van der Waals surface area contributed by atoms with Gasteiger partial charge >= 0.3 is 5.97 Å². The molecule has 1 atom stereocenters. The van der Waals surface area contributed by atoms with Gasteiger partial charge in [-0.25, -0.2) is 0 Å². The largest absolute Gasteiger partial charge is 0.481 e. The molecule has 3 aliphatic heterocycles. The molecule has 31 heavy (non-hydrogen) atoms. The Kier molecular flexibility index (Phi) is 6.15. The number of likely N-dealkylation sites (tertiary alicyclic amines) is 1. The number of rotatable bonds is 4. The van der Waals surface area contributed by atoms with Gasteiger partial charge in [0.05, 0.1) is 17.5 Å². The zero-order valence-electron chi connectivity index (χ0n) is 17.3. The fraction of sp³-hybridized carbons (Fsp3) is 0.619. The number of carboxylic acid groups (broad SMARTS) is 1. The van der Waals surface area contributed by atoms with E-state index in [1.165, 1.54) is 0 Å². The lowest BCUT2D eigenvalue weighted by Crippen LogP contribution is -2.46. The van der Waals surface area contributed by atoms with Gasteiger partial charge in [-0.2, -0.15) is 5.10 Å². The first kappa shape index (κ1) is 21.2. The van der Waals surface area contributed by atoms with Crippen LogP contribution >= 0.6 is 0 Å². The van der Waals surface area contributed by atoms with Crippen LogP contribution in [0, 0.1) is 11.8 Å². The van der Waals surface area contributed by atoms with Gasteiger partial charge in [-0.15, -0.1) is 5.10 Å². The number of nitrogens with zero attached hydrogens (tertiary/aromatic N) is 4. The maximum absolute atomic E-state index is 12.8. The molecule has 0 saturated carbocycles. The number of hydrogen-bond acceptors (Lipinski definition) is 7. The number of aromatic nitrogens is 2. The van der Waals surface area contributed by atoms with E-state index in [0.717, 1.165) is 0 Å². The summed E-state index contributed by atoms with van der Waals surface area (Å²) in [5.74, 6) is -1.36. The van der Waals surface area contributed by atoms with E-state index in [1.807, 2.05) is 11.0 Å². The van der Waals surface area contributed by atoms with Crippen LogP contribution < -0.4 is 10.2 Å². The summed E-state index contributed by atoms with van der Waals surface area (Å²) < 4.78 is 0. The van der Waals surface area contributed by atoms with E-state index in [9.17, 15) is 19.2 Å². The van der Waals surface area contributed by atoms with Gasteiger partial charge in [-0.3, -0.25) is 24.5 Å². The monoisotopic (exact) mass is 429 g/mol. The molecule has 3 amide bonds. The number of amides is 3. The first-order valence-corrected chi connectivity index (χ1v) is 10.9. The summed E-state index contributed by atoms with van der Waals surface area (Å²) in [6.45, 7) is 2.41. The standard InChI is InChI=1S/C21H27N5O5/c27-18-4-1-15(19(28)22-18)16-2-3-17(24-23-16)25-9-5-13(6-10-25)20(29)26-11-7-14(8-12-26)21(30)31/h2-3,13-15H,1,4-12H2,(H,30,31)(H,22,27,28). The quantitative estimate of drug-likeness (QED) is 0.663. The Morgan fingerprint density at radius 3 is 2.19 bits per heavy atom. The highest BCUT2D eigenvalue weighted by molar-refractivity contribution is 6.00. The van der Waals surface area contributed by atoms with Crippen molar-refractivity contribution >= 4 is 29.5 Å². The molecule has 10 heteroatoms. The summed E-state index contributed by atoms with van der Waals surface area (Å²) in [6, 6.07) is 3.62. The summed E-state index contributed by atoms with van der Waals surface area (Å²) in [5, 5.41) is 19.9. The van der Waals surface area contributed by atoms with Gasteiger partial charge in [-0.05, 0) is 44.2 Å². The van der Waals surface area contributed by atoms with Crippen LogP contribution in [-0.2, 0) is 19.2 Å². The smallest absolute Gasteiger partial charge is 0.306 e. The van der Waals surface area contributed by atoms with Crippen molar-refractivity contribution in [2.75, 3.05) is 31.1 Å². The fourth-order valence-corrected chi connectivity index (χ4v) is 4.63. The van der Waals surface area contributed by atoms with Crippen molar-refractivity contribution in [3.8, 4) is 0 Å². The predicted octanol–water partition coefficient (Wildman–Crippen LogP) is 0.536. The first-order chi connectivity index (χ1) is 14.9. The summed E-state index contributed by atoms with van der Waals surface area (Å²) in [7, 11) is 0. The number of hydrogen-bond donors (Lipinski definition) is 2. The van der Waals surface area contributed by atoms with Crippen molar-refractivity contribution in [1.82, 2.24) is 20.4 Å². The van der Waals surface area contributed by atoms with E-state index in [0.29, 0.717) is 76.2 Å². The van der Waals surface area contributed by atoms with Crippen LogP contribution in [0.15, 0.2) is 12.1 Å². The number of imide groups is 1. The molecular weight excluding hydrogens is 402 g/mol. The van der Waals surface area contributed by atoms with Gasteiger partial charge in [0.2, 0.25) is 17.7 Å². The maximum atomic E-state index is 12.8. The third-order valence-electron chi connectivity index (χ3n) is 6.59. The normalized spacial score (nSPS) is 23.5. The summed E-state index contributed by atoms with van der Waals surface area (Å²) in [6.07, 6.45) is 3.22. The Morgan fingerprint density at radius 1 is 0.935 bits per heavy atom. The Morgan fingerprint density at radius 2 is 1.61 bits per heavy atom. The Bertz CT molecular complexity index is 857. The number of anilines is 1. The highest BCUT2D eigenvalue weighted by atomic mass is 16.4. The maximum Gasteiger partial charge on any atom is 0.306 e. The molecular formula is C21H27N5O5. The van der Waals surface area contributed by atoms with Gasteiger partial charge in [0.25, 0.3) is 0 Å². The zero-order valence-corrected chi connectivity index (χ0v) is 17.3. The van der Waals surface area contributed by atoms with E-state index in [-0.39, 0.29) is 29.6 Å². The topological polar surface area (TPSA) is 133 Å². The van der Waals surface area contributed by atoms with Crippen molar-refractivity contribution in [2.45, 2.75) is 44.4 Å². The molecule has 4 heterocycles. The molecule has 1 aromatic rings. The van der Waals surface area contributed by atoms with Crippen molar-refractivity contribution in [3.05, 3.63) is 17.8 Å². The average molecular weight is 429 g/mol. The Labute approximate surface area is 180 Å². The number of aliphatic carboxylic acids is 1. The van der Waals surface area contributed by atoms with Crippen LogP contribution in [-0.4, -0.2) is 70.1 Å². The molecule has 0 aliphatic carbocycles. The van der Waals surface area contributed by atoms with E-state index < -0.39 is 11.9 Å². The number of carbonyl (C=O) groups is 4. The van der Waals surface area contributed by atoms with Crippen LogP contribution in [0.4, 0.5) is 5.82 Å². The van der Waals surface area contributed by atoms with Gasteiger partial charge in [-0.1, -0.05) is 0 Å². The Hall–Kier alpha value is -3.04. The molecule has 1 unspecified atom stereocenters. The van der Waals surface area contributed by atoms with Crippen LogP contribution in [0.1, 0.15) is 50.1 Å². The highest BCUT2D eigenvalue weighted by Crippen LogP contribution is 2.27. The minimum atomic E-state index is -0.773. The van der Waals surface area contributed by atoms with Gasteiger partial charge < -0.3 is 14.9 Å². The van der Waals surface area contributed by atoms with Gasteiger partial charge in [0.15, 0.2) is 5.82 Å².